The van der Waals surface area contributed by atoms with Gasteiger partial charge in [-0.25, -0.2) is 0 Å². The fraction of sp³-hybridized carbons (Fsp3) is 0.286. The molecule has 0 spiro atoms. The Morgan fingerprint density at radius 1 is 1.15 bits per heavy atom. The number of aromatic nitrogens is 1. The van der Waals surface area contributed by atoms with Crippen molar-refractivity contribution >= 4 is 22.4 Å². The summed E-state index contributed by atoms with van der Waals surface area (Å²) in [5.74, 6) is -0.190. The molecule has 2 heterocycles. The summed E-state index contributed by atoms with van der Waals surface area (Å²) in [5, 5.41) is 11.9. The smallest absolute Gasteiger partial charge is 0.269 e. The van der Waals surface area contributed by atoms with Gasteiger partial charge in [0.25, 0.3) is 5.69 Å². The lowest BCUT2D eigenvalue weighted by Crippen LogP contribution is -2.33. The summed E-state index contributed by atoms with van der Waals surface area (Å²) in [6.07, 6.45) is 3.79. The highest BCUT2D eigenvalue weighted by atomic mass is 16.6. The van der Waals surface area contributed by atoms with E-state index >= 15 is 0 Å². The van der Waals surface area contributed by atoms with Crippen molar-refractivity contribution in [3.05, 3.63) is 75.5 Å². The molecule has 2 N–H and O–H groups in total. The molecule has 6 nitrogen and oxygen atoms in total. The molecule has 6 heteroatoms. The molecule has 0 fully saturated rings. The van der Waals surface area contributed by atoms with Crippen LogP contribution in [0.15, 0.2) is 48.5 Å². The normalized spacial score (nSPS) is 14.7. The highest BCUT2D eigenvalue weighted by Crippen LogP contribution is 2.31. The van der Waals surface area contributed by atoms with Crippen molar-refractivity contribution in [1.82, 2.24) is 4.57 Å². The second-order valence-electron chi connectivity index (χ2n) is 7.03. The van der Waals surface area contributed by atoms with E-state index in [9.17, 15) is 14.9 Å². The molecule has 3 aromatic rings. The van der Waals surface area contributed by atoms with E-state index in [1.807, 2.05) is 12.1 Å². The second kappa shape index (κ2) is 6.96. The van der Waals surface area contributed by atoms with Gasteiger partial charge in [0.1, 0.15) is 0 Å². The first-order valence-corrected chi connectivity index (χ1v) is 9.19. The standard InChI is InChI=1S/C21H21N3O3/c22-18(21(25)14-8-10-15(11-9-14)24(26)27)13-17-16-5-1-2-6-19(16)23-12-4-3-7-20(17)23/h1-2,5-6,8-11,18H,3-4,7,12-13,22H2. The number of nitro benzene ring substituents is 1. The van der Waals surface area contributed by atoms with Gasteiger partial charge in [-0.3, -0.25) is 14.9 Å². The van der Waals surface area contributed by atoms with Crippen LogP contribution in [0.5, 0.6) is 0 Å². The number of para-hydroxylation sites is 1. The average Bonchev–Trinajstić information content (AvgIpc) is 3.01. The van der Waals surface area contributed by atoms with E-state index in [4.69, 9.17) is 5.73 Å². The molecule has 1 atom stereocenters. The van der Waals surface area contributed by atoms with Crippen molar-refractivity contribution in [2.75, 3.05) is 0 Å². The Labute approximate surface area is 156 Å². The molecular formula is C21H21N3O3. The van der Waals surface area contributed by atoms with Crippen LogP contribution in [-0.2, 0) is 19.4 Å². The lowest BCUT2D eigenvalue weighted by atomic mass is 9.95. The number of benzene rings is 2. The number of hydrogen-bond donors (Lipinski definition) is 1. The second-order valence-corrected chi connectivity index (χ2v) is 7.03. The van der Waals surface area contributed by atoms with Crippen molar-refractivity contribution in [2.24, 2.45) is 5.73 Å². The number of nitrogens with two attached hydrogens (primary N) is 1. The van der Waals surface area contributed by atoms with Gasteiger partial charge in [-0.2, -0.15) is 0 Å². The Hall–Kier alpha value is -2.99. The molecule has 27 heavy (non-hydrogen) atoms. The molecule has 0 saturated heterocycles. The van der Waals surface area contributed by atoms with Crippen LogP contribution in [0.2, 0.25) is 0 Å². The molecule has 0 amide bonds. The number of carbonyl (C=O) groups excluding carboxylic acids is 1. The maximum absolute atomic E-state index is 12.8. The van der Waals surface area contributed by atoms with E-state index in [1.165, 1.54) is 47.3 Å². The molecule has 2 aromatic carbocycles. The van der Waals surface area contributed by atoms with Crippen LogP contribution < -0.4 is 5.73 Å². The molecule has 1 aliphatic heterocycles. The lowest BCUT2D eigenvalue weighted by molar-refractivity contribution is -0.384. The van der Waals surface area contributed by atoms with Crippen molar-refractivity contribution in [1.29, 1.82) is 0 Å². The fourth-order valence-electron chi connectivity index (χ4n) is 4.03. The topological polar surface area (TPSA) is 91.2 Å². The summed E-state index contributed by atoms with van der Waals surface area (Å²) < 4.78 is 2.36. The Morgan fingerprint density at radius 3 is 2.63 bits per heavy atom. The van der Waals surface area contributed by atoms with Gasteiger partial charge in [-0.1, -0.05) is 18.2 Å². The number of rotatable bonds is 5. The maximum atomic E-state index is 12.8. The van der Waals surface area contributed by atoms with Gasteiger partial charge < -0.3 is 10.3 Å². The SMILES string of the molecule is NC(Cc1c2n(c3ccccc13)CCCC2)C(=O)c1ccc([N+](=O)[O-])cc1. The van der Waals surface area contributed by atoms with Gasteiger partial charge in [0, 0.05) is 40.8 Å². The van der Waals surface area contributed by atoms with Gasteiger partial charge >= 0.3 is 0 Å². The lowest BCUT2D eigenvalue weighted by Gasteiger charge is -2.18. The van der Waals surface area contributed by atoms with Crippen LogP contribution in [0, 0.1) is 10.1 Å². The number of nitro groups is 1. The van der Waals surface area contributed by atoms with Gasteiger partial charge in [-0.15, -0.1) is 0 Å². The van der Waals surface area contributed by atoms with E-state index in [2.05, 4.69) is 16.7 Å². The monoisotopic (exact) mass is 363 g/mol. The van der Waals surface area contributed by atoms with Crippen molar-refractivity contribution < 1.29 is 9.72 Å². The van der Waals surface area contributed by atoms with Crippen molar-refractivity contribution in [3.63, 3.8) is 0 Å². The number of hydrogen-bond acceptors (Lipinski definition) is 4. The van der Waals surface area contributed by atoms with Crippen LogP contribution >= 0.6 is 0 Å². The Bertz CT molecular complexity index is 1020. The van der Waals surface area contributed by atoms with Crippen molar-refractivity contribution in [3.8, 4) is 0 Å². The van der Waals surface area contributed by atoms with Crippen LogP contribution in [0.1, 0.15) is 34.5 Å². The third-order valence-corrected chi connectivity index (χ3v) is 5.36. The summed E-state index contributed by atoms with van der Waals surface area (Å²) in [4.78, 5) is 23.1. The van der Waals surface area contributed by atoms with Crippen molar-refractivity contribution in [2.45, 2.75) is 38.3 Å². The van der Waals surface area contributed by atoms with E-state index < -0.39 is 11.0 Å². The van der Waals surface area contributed by atoms with E-state index in [0.29, 0.717) is 12.0 Å². The first kappa shape index (κ1) is 17.4. The quantitative estimate of drug-likeness (QED) is 0.426. The average molecular weight is 363 g/mol. The highest BCUT2D eigenvalue weighted by molar-refractivity contribution is 6.00. The zero-order valence-electron chi connectivity index (χ0n) is 14.9. The molecule has 138 valence electrons. The predicted octanol–water partition coefficient (Wildman–Crippen LogP) is 3.64. The number of aryl methyl sites for hydroxylation is 1. The summed E-state index contributed by atoms with van der Waals surface area (Å²) in [6, 6.07) is 13.2. The van der Waals surface area contributed by atoms with Crippen LogP contribution in [0.25, 0.3) is 10.9 Å². The maximum Gasteiger partial charge on any atom is 0.269 e. The molecule has 0 aliphatic carbocycles. The Kier molecular flexibility index (Phi) is 4.49. The Morgan fingerprint density at radius 2 is 1.89 bits per heavy atom. The minimum absolute atomic E-state index is 0.0346. The molecule has 4 rings (SSSR count). The van der Waals surface area contributed by atoms with Crippen LogP contribution in [0.4, 0.5) is 5.69 Å². The molecule has 1 aliphatic rings. The van der Waals surface area contributed by atoms with Crippen LogP contribution in [0.3, 0.4) is 0 Å². The molecular weight excluding hydrogens is 342 g/mol. The molecule has 0 bridgehead atoms. The largest absolute Gasteiger partial charge is 0.344 e. The van der Waals surface area contributed by atoms with E-state index in [0.717, 1.165) is 24.9 Å². The zero-order chi connectivity index (χ0) is 19.0. The third-order valence-electron chi connectivity index (χ3n) is 5.36. The van der Waals surface area contributed by atoms with E-state index in [-0.39, 0.29) is 11.5 Å². The third kappa shape index (κ3) is 3.13. The molecule has 0 radical (unpaired) electrons. The number of carbonyl (C=O) groups is 1. The summed E-state index contributed by atoms with van der Waals surface area (Å²) in [5.41, 5.74) is 10.3. The summed E-state index contributed by atoms with van der Waals surface area (Å²) >= 11 is 0. The number of fused-ring (bicyclic) bond motifs is 3. The zero-order valence-corrected chi connectivity index (χ0v) is 14.9. The summed E-state index contributed by atoms with van der Waals surface area (Å²) in [6.45, 7) is 1.00. The molecule has 1 aromatic heterocycles. The summed E-state index contributed by atoms with van der Waals surface area (Å²) in [7, 11) is 0. The predicted molar refractivity (Wildman–Crippen MR) is 104 cm³/mol. The van der Waals surface area contributed by atoms with Gasteiger partial charge in [0.05, 0.1) is 11.0 Å². The first-order chi connectivity index (χ1) is 13.1. The number of Topliss-reactive ketones (excluding diaryl/α,β-unsaturated/α-hetero) is 1. The van der Waals surface area contributed by atoms with E-state index in [1.54, 1.807) is 0 Å². The molecule has 0 saturated carbocycles. The fourth-order valence-corrected chi connectivity index (χ4v) is 4.03. The number of ketones is 1. The minimum atomic E-state index is -0.677. The Balaban J connectivity index is 1.64. The van der Waals surface area contributed by atoms with Gasteiger partial charge in [0.15, 0.2) is 5.78 Å². The number of non-ortho nitro benzene ring substituents is 1. The first-order valence-electron chi connectivity index (χ1n) is 9.19. The van der Waals surface area contributed by atoms with Gasteiger partial charge in [0.2, 0.25) is 0 Å². The van der Waals surface area contributed by atoms with Gasteiger partial charge in [-0.05, 0) is 49.4 Å². The molecule has 1 unspecified atom stereocenters. The van der Waals surface area contributed by atoms with Crippen LogP contribution in [-0.4, -0.2) is 21.3 Å². The highest BCUT2D eigenvalue weighted by Gasteiger charge is 2.24. The number of nitrogens with zero attached hydrogens (tertiary/aromatic N) is 2. The minimum Gasteiger partial charge on any atom is -0.344 e.